The Morgan fingerprint density at radius 3 is 3.00 bits per heavy atom. The number of ether oxygens (including phenoxy) is 1. The molecule has 1 aromatic heterocycles. The van der Waals surface area contributed by atoms with E-state index in [9.17, 15) is 4.79 Å². The molecule has 2 aromatic rings. The van der Waals surface area contributed by atoms with Crippen molar-refractivity contribution in [2.45, 2.75) is 6.92 Å². The molecule has 0 unspecified atom stereocenters. The van der Waals surface area contributed by atoms with Gasteiger partial charge in [-0.1, -0.05) is 34.8 Å². The number of hydrazone groups is 1. The number of anilines is 1. The highest BCUT2D eigenvalue weighted by atomic mass is 32.1. The summed E-state index contributed by atoms with van der Waals surface area (Å²) >= 11 is 1.05. The smallest absolute Gasteiger partial charge is 0.362 e. The predicted molar refractivity (Wildman–Crippen MR) is 73.5 cm³/mol. The van der Waals surface area contributed by atoms with E-state index in [0.717, 1.165) is 17.1 Å². The minimum atomic E-state index is -0.506. The third kappa shape index (κ3) is 3.59. The molecule has 0 spiro atoms. The molecule has 0 fully saturated rings. The summed E-state index contributed by atoms with van der Waals surface area (Å²) < 4.78 is 8.57. The fourth-order valence-corrected chi connectivity index (χ4v) is 1.81. The van der Waals surface area contributed by atoms with Gasteiger partial charge >= 0.3 is 5.97 Å². The van der Waals surface area contributed by atoms with Crippen LogP contribution in [0.1, 0.15) is 23.0 Å². The second-order valence-electron chi connectivity index (χ2n) is 3.45. The van der Waals surface area contributed by atoms with Crippen molar-refractivity contribution in [3.63, 3.8) is 0 Å². The van der Waals surface area contributed by atoms with Crippen LogP contribution in [-0.4, -0.2) is 28.4 Å². The summed E-state index contributed by atoms with van der Waals surface area (Å²) in [6, 6.07) is 9.60. The molecule has 0 radical (unpaired) electrons. The van der Waals surface area contributed by atoms with E-state index >= 15 is 0 Å². The lowest BCUT2D eigenvalue weighted by molar-refractivity contribution is 0.0520. The fraction of sp³-hybridized carbons (Fsp3) is 0.167. The van der Waals surface area contributed by atoms with E-state index in [2.05, 4.69) is 20.1 Å². The van der Waals surface area contributed by atoms with Crippen LogP contribution in [0.5, 0.6) is 0 Å². The molecule has 0 bridgehead atoms. The van der Waals surface area contributed by atoms with E-state index in [-0.39, 0.29) is 5.69 Å². The van der Waals surface area contributed by atoms with Gasteiger partial charge in [0, 0.05) is 11.5 Å². The van der Waals surface area contributed by atoms with Crippen LogP contribution in [0.25, 0.3) is 0 Å². The topological polar surface area (TPSA) is 76.5 Å². The predicted octanol–water partition coefficient (Wildman–Crippen LogP) is 2.16. The summed E-state index contributed by atoms with van der Waals surface area (Å²) in [5.41, 5.74) is 3.84. The first-order valence-corrected chi connectivity index (χ1v) is 6.42. The number of nitrogens with one attached hydrogen (secondary N) is 1. The Bertz CT molecular complexity index is 568. The van der Waals surface area contributed by atoms with E-state index < -0.39 is 5.97 Å². The van der Waals surface area contributed by atoms with Gasteiger partial charge < -0.3 is 4.74 Å². The Hall–Kier alpha value is -2.28. The molecule has 1 aromatic carbocycles. The standard InChI is InChI=1S/C12H12N4O2S/c1-2-18-12(17)10-11(19-16-14-10)15-13-8-9-6-4-3-5-7-9/h3-8,15H,2H2,1H3/b13-8-. The highest BCUT2D eigenvalue weighted by Crippen LogP contribution is 2.18. The van der Waals surface area contributed by atoms with Crippen LogP contribution in [0.2, 0.25) is 0 Å². The van der Waals surface area contributed by atoms with Crippen LogP contribution in [0, 0.1) is 0 Å². The Labute approximate surface area is 114 Å². The summed E-state index contributed by atoms with van der Waals surface area (Å²) in [4.78, 5) is 11.5. The summed E-state index contributed by atoms with van der Waals surface area (Å²) in [6.07, 6.45) is 1.65. The Balaban J connectivity index is 2.02. The normalized spacial score (nSPS) is 10.6. The maximum Gasteiger partial charge on any atom is 0.362 e. The Kier molecular flexibility index (Phi) is 4.57. The number of rotatable bonds is 5. The third-order valence-electron chi connectivity index (χ3n) is 2.14. The molecular weight excluding hydrogens is 264 g/mol. The summed E-state index contributed by atoms with van der Waals surface area (Å²) in [5, 5.41) is 8.22. The summed E-state index contributed by atoms with van der Waals surface area (Å²) in [6.45, 7) is 2.03. The molecule has 98 valence electrons. The van der Waals surface area contributed by atoms with Crippen molar-refractivity contribution in [1.82, 2.24) is 9.59 Å². The molecule has 0 atom stereocenters. The number of hydrogen-bond donors (Lipinski definition) is 1. The van der Waals surface area contributed by atoms with Crippen LogP contribution in [0.4, 0.5) is 5.00 Å². The molecule has 0 aliphatic carbocycles. The van der Waals surface area contributed by atoms with Crippen LogP contribution in [0.3, 0.4) is 0 Å². The van der Waals surface area contributed by atoms with Gasteiger partial charge in [-0.2, -0.15) is 5.10 Å². The zero-order chi connectivity index (χ0) is 13.5. The van der Waals surface area contributed by atoms with Crippen LogP contribution in [0.15, 0.2) is 35.4 Å². The lowest BCUT2D eigenvalue weighted by Gasteiger charge is -2.00. The lowest BCUT2D eigenvalue weighted by Crippen LogP contribution is -2.07. The van der Waals surface area contributed by atoms with Gasteiger partial charge in [-0.05, 0) is 12.5 Å². The summed E-state index contributed by atoms with van der Waals surface area (Å²) in [7, 11) is 0. The summed E-state index contributed by atoms with van der Waals surface area (Å²) in [5.74, 6) is -0.506. The van der Waals surface area contributed by atoms with Crippen molar-refractivity contribution in [3.8, 4) is 0 Å². The van der Waals surface area contributed by atoms with Gasteiger partial charge in [0.2, 0.25) is 5.69 Å². The lowest BCUT2D eigenvalue weighted by atomic mass is 10.2. The van der Waals surface area contributed by atoms with E-state index in [4.69, 9.17) is 4.74 Å². The second kappa shape index (κ2) is 6.60. The van der Waals surface area contributed by atoms with Gasteiger partial charge in [-0.15, -0.1) is 5.10 Å². The zero-order valence-electron chi connectivity index (χ0n) is 10.2. The van der Waals surface area contributed by atoms with E-state index in [0.29, 0.717) is 11.6 Å². The molecule has 0 aliphatic heterocycles. The van der Waals surface area contributed by atoms with E-state index in [1.165, 1.54) is 0 Å². The van der Waals surface area contributed by atoms with Crippen molar-refractivity contribution >= 4 is 28.7 Å². The molecule has 19 heavy (non-hydrogen) atoms. The van der Waals surface area contributed by atoms with Gasteiger partial charge in [0.1, 0.15) is 0 Å². The number of carbonyl (C=O) groups excluding carboxylic acids is 1. The molecule has 0 saturated heterocycles. The average molecular weight is 276 g/mol. The monoisotopic (exact) mass is 276 g/mol. The molecule has 1 N–H and O–H groups in total. The van der Waals surface area contributed by atoms with Gasteiger partial charge in [0.25, 0.3) is 0 Å². The molecule has 6 nitrogen and oxygen atoms in total. The van der Waals surface area contributed by atoms with Crippen molar-refractivity contribution in [2.24, 2.45) is 5.10 Å². The number of aromatic nitrogens is 2. The van der Waals surface area contributed by atoms with Gasteiger partial charge in [-0.3, -0.25) is 5.43 Å². The fourth-order valence-electron chi connectivity index (χ4n) is 1.30. The third-order valence-corrected chi connectivity index (χ3v) is 2.77. The van der Waals surface area contributed by atoms with Crippen molar-refractivity contribution < 1.29 is 9.53 Å². The minimum absolute atomic E-state index is 0.150. The maximum absolute atomic E-state index is 11.5. The second-order valence-corrected chi connectivity index (χ2v) is 4.21. The van der Waals surface area contributed by atoms with Gasteiger partial charge in [0.05, 0.1) is 12.8 Å². The van der Waals surface area contributed by atoms with Crippen LogP contribution in [-0.2, 0) is 4.74 Å². The number of carbonyl (C=O) groups is 1. The largest absolute Gasteiger partial charge is 0.461 e. The first-order chi connectivity index (χ1) is 9.31. The van der Waals surface area contributed by atoms with Crippen LogP contribution < -0.4 is 5.43 Å². The molecule has 7 heteroatoms. The molecule has 0 aliphatic rings. The van der Waals surface area contributed by atoms with E-state index in [1.54, 1.807) is 13.1 Å². The SMILES string of the molecule is CCOC(=O)c1nnsc1N/N=C\c1ccccc1. The zero-order valence-corrected chi connectivity index (χ0v) is 11.1. The van der Waals surface area contributed by atoms with Gasteiger partial charge in [-0.25, -0.2) is 4.79 Å². The first-order valence-electron chi connectivity index (χ1n) is 5.65. The van der Waals surface area contributed by atoms with Crippen molar-refractivity contribution in [2.75, 3.05) is 12.0 Å². The molecule has 0 saturated carbocycles. The maximum atomic E-state index is 11.5. The molecular formula is C12H12N4O2S. The van der Waals surface area contributed by atoms with Crippen LogP contribution >= 0.6 is 11.5 Å². The number of benzene rings is 1. The Morgan fingerprint density at radius 1 is 1.47 bits per heavy atom. The number of esters is 1. The quantitative estimate of drug-likeness (QED) is 0.514. The molecule has 2 rings (SSSR count). The number of hydrogen-bond acceptors (Lipinski definition) is 7. The molecule has 1 heterocycles. The highest BCUT2D eigenvalue weighted by Gasteiger charge is 2.17. The van der Waals surface area contributed by atoms with Crippen molar-refractivity contribution in [1.29, 1.82) is 0 Å². The highest BCUT2D eigenvalue weighted by molar-refractivity contribution is 7.10. The average Bonchev–Trinajstić information content (AvgIpc) is 2.89. The minimum Gasteiger partial charge on any atom is -0.461 e. The van der Waals surface area contributed by atoms with Crippen molar-refractivity contribution in [3.05, 3.63) is 41.6 Å². The first kappa shape index (κ1) is 13.2. The molecule has 0 amide bonds. The number of nitrogens with zero attached hydrogens (tertiary/aromatic N) is 3. The Morgan fingerprint density at radius 2 is 2.26 bits per heavy atom. The van der Waals surface area contributed by atoms with Gasteiger partial charge in [0.15, 0.2) is 5.00 Å². The van der Waals surface area contributed by atoms with E-state index in [1.807, 2.05) is 30.3 Å².